The van der Waals surface area contributed by atoms with Crippen molar-refractivity contribution in [3.8, 4) is 0 Å². The number of amides is 2. The normalized spacial score (nSPS) is 14.6. The Labute approximate surface area is 156 Å². The molecular formula is C18H21ClFN3O3. The highest BCUT2D eigenvalue weighted by Gasteiger charge is 2.28. The van der Waals surface area contributed by atoms with Gasteiger partial charge in [-0.15, -0.1) is 12.4 Å². The van der Waals surface area contributed by atoms with Gasteiger partial charge in [0.2, 0.25) is 5.91 Å². The highest BCUT2D eigenvalue weighted by Crippen LogP contribution is 2.22. The van der Waals surface area contributed by atoms with E-state index in [1.165, 1.54) is 30.5 Å². The number of nitrogens with zero attached hydrogens (tertiary/aromatic N) is 1. The lowest BCUT2D eigenvalue weighted by molar-refractivity contribution is -0.121. The van der Waals surface area contributed by atoms with Crippen molar-refractivity contribution in [2.24, 2.45) is 11.7 Å². The van der Waals surface area contributed by atoms with Crippen LogP contribution in [0, 0.1) is 11.7 Å². The minimum absolute atomic E-state index is 0. The van der Waals surface area contributed by atoms with Gasteiger partial charge in [-0.1, -0.05) is 0 Å². The van der Waals surface area contributed by atoms with Gasteiger partial charge in [-0.25, -0.2) is 4.39 Å². The molecular weight excluding hydrogens is 361 g/mol. The van der Waals surface area contributed by atoms with E-state index in [0.717, 1.165) is 0 Å². The number of hydrogen-bond acceptors (Lipinski definition) is 4. The summed E-state index contributed by atoms with van der Waals surface area (Å²) in [6.45, 7) is 1.26. The highest BCUT2D eigenvalue weighted by atomic mass is 35.5. The van der Waals surface area contributed by atoms with Crippen molar-refractivity contribution in [1.82, 2.24) is 4.90 Å². The van der Waals surface area contributed by atoms with Gasteiger partial charge in [0.1, 0.15) is 17.8 Å². The van der Waals surface area contributed by atoms with E-state index in [4.69, 9.17) is 10.2 Å². The second kappa shape index (κ2) is 8.82. The molecule has 0 unspecified atom stereocenters. The van der Waals surface area contributed by atoms with Crippen molar-refractivity contribution in [2.45, 2.75) is 19.4 Å². The monoisotopic (exact) mass is 381 g/mol. The molecule has 1 saturated heterocycles. The molecule has 140 valence electrons. The standard InChI is InChI=1S/C18H20FN3O3.ClH/c19-14-1-3-15(4-2-14)21-17(23)12-5-7-22(8-6-12)18(24)13-9-16(10-20)25-11-13;/h1-4,9,11-12H,5-8,10,20H2,(H,21,23);1H. The molecule has 0 bridgehead atoms. The van der Waals surface area contributed by atoms with E-state index in [-0.39, 0.29) is 42.5 Å². The van der Waals surface area contributed by atoms with Crippen LogP contribution in [0.25, 0.3) is 0 Å². The molecule has 8 heteroatoms. The number of likely N-dealkylation sites (tertiary alicyclic amines) is 1. The van der Waals surface area contributed by atoms with Crippen LogP contribution in [-0.4, -0.2) is 29.8 Å². The SMILES string of the molecule is Cl.NCc1cc(C(=O)N2CCC(C(=O)Nc3ccc(F)cc3)CC2)co1. The molecule has 6 nitrogen and oxygen atoms in total. The van der Waals surface area contributed by atoms with Crippen molar-refractivity contribution in [3.05, 3.63) is 53.7 Å². The van der Waals surface area contributed by atoms with Crippen LogP contribution in [0.1, 0.15) is 29.0 Å². The summed E-state index contributed by atoms with van der Waals surface area (Å²) >= 11 is 0. The van der Waals surface area contributed by atoms with Gasteiger partial charge in [0.25, 0.3) is 5.91 Å². The van der Waals surface area contributed by atoms with E-state index in [1.54, 1.807) is 11.0 Å². The molecule has 1 aromatic carbocycles. The minimum Gasteiger partial charge on any atom is -0.467 e. The molecule has 2 aromatic rings. The van der Waals surface area contributed by atoms with Crippen LogP contribution in [-0.2, 0) is 11.3 Å². The number of carbonyl (C=O) groups excluding carboxylic acids is 2. The summed E-state index contributed by atoms with van der Waals surface area (Å²) in [7, 11) is 0. The summed E-state index contributed by atoms with van der Waals surface area (Å²) in [6, 6.07) is 7.31. The van der Waals surface area contributed by atoms with Crippen molar-refractivity contribution < 1.29 is 18.4 Å². The zero-order valence-electron chi connectivity index (χ0n) is 14.1. The second-order valence-corrected chi connectivity index (χ2v) is 6.07. The zero-order chi connectivity index (χ0) is 17.8. The Kier molecular flexibility index (Phi) is 6.76. The number of nitrogens with two attached hydrogens (primary N) is 1. The second-order valence-electron chi connectivity index (χ2n) is 6.07. The molecule has 1 fully saturated rings. The predicted octanol–water partition coefficient (Wildman–Crippen LogP) is 2.79. The Hall–Kier alpha value is -2.38. The number of carbonyl (C=O) groups is 2. The van der Waals surface area contributed by atoms with Gasteiger partial charge in [0.15, 0.2) is 0 Å². The predicted molar refractivity (Wildman–Crippen MR) is 97.5 cm³/mol. The maximum Gasteiger partial charge on any atom is 0.257 e. The largest absolute Gasteiger partial charge is 0.467 e. The smallest absolute Gasteiger partial charge is 0.257 e. The first-order chi connectivity index (χ1) is 12.1. The average molecular weight is 382 g/mol. The molecule has 1 aromatic heterocycles. The first kappa shape index (κ1) is 19.9. The Morgan fingerprint density at radius 1 is 1.23 bits per heavy atom. The molecule has 26 heavy (non-hydrogen) atoms. The van der Waals surface area contributed by atoms with Gasteiger partial charge in [-0.05, 0) is 43.2 Å². The van der Waals surface area contributed by atoms with E-state index in [2.05, 4.69) is 5.32 Å². The first-order valence-electron chi connectivity index (χ1n) is 8.20. The molecule has 0 spiro atoms. The van der Waals surface area contributed by atoms with Gasteiger partial charge in [0, 0.05) is 24.7 Å². The number of piperidine rings is 1. The molecule has 3 N–H and O–H groups in total. The van der Waals surface area contributed by atoms with Gasteiger partial charge in [-0.3, -0.25) is 9.59 Å². The molecule has 0 saturated carbocycles. The fraction of sp³-hybridized carbons (Fsp3) is 0.333. The lowest BCUT2D eigenvalue weighted by Crippen LogP contribution is -2.41. The molecule has 1 aliphatic heterocycles. The Balaban J connectivity index is 0.00000243. The molecule has 0 aliphatic carbocycles. The maximum absolute atomic E-state index is 12.9. The highest BCUT2D eigenvalue weighted by molar-refractivity contribution is 5.95. The third kappa shape index (κ3) is 4.62. The topological polar surface area (TPSA) is 88.6 Å². The van der Waals surface area contributed by atoms with Crippen LogP contribution in [0.2, 0.25) is 0 Å². The van der Waals surface area contributed by atoms with Gasteiger partial charge in [0.05, 0.1) is 12.1 Å². The van der Waals surface area contributed by atoms with Crippen LogP contribution in [0.5, 0.6) is 0 Å². The van der Waals surface area contributed by atoms with Crippen LogP contribution >= 0.6 is 12.4 Å². The van der Waals surface area contributed by atoms with E-state index in [0.29, 0.717) is 42.9 Å². The van der Waals surface area contributed by atoms with Crippen molar-refractivity contribution in [1.29, 1.82) is 0 Å². The summed E-state index contributed by atoms with van der Waals surface area (Å²) in [4.78, 5) is 26.4. The molecule has 3 rings (SSSR count). The summed E-state index contributed by atoms with van der Waals surface area (Å²) < 4.78 is 18.1. The minimum atomic E-state index is -0.346. The van der Waals surface area contributed by atoms with E-state index < -0.39 is 0 Å². The van der Waals surface area contributed by atoms with Gasteiger partial charge in [-0.2, -0.15) is 0 Å². The number of furan rings is 1. The van der Waals surface area contributed by atoms with Crippen LogP contribution in [0.4, 0.5) is 10.1 Å². The third-order valence-corrected chi connectivity index (χ3v) is 4.37. The number of benzene rings is 1. The summed E-state index contributed by atoms with van der Waals surface area (Å²) in [5.74, 6) is -0.162. The molecule has 2 heterocycles. The lowest BCUT2D eigenvalue weighted by Gasteiger charge is -2.31. The van der Waals surface area contributed by atoms with Crippen molar-refractivity contribution in [3.63, 3.8) is 0 Å². The van der Waals surface area contributed by atoms with Crippen LogP contribution < -0.4 is 11.1 Å². The Bertz CT molecular complexity index is 755. The fourth-order valence-corrected chi connectivity index (χ4v) is 2.90. The molecule has 0 radical (unpaired) electrons. The maximum atomic E-state index is 12.9. The van der Waals surface area contributed by atoms with E-state index >= 15 is 0 Å². The Morgan fingerprint density at radius 2 is 1.88 bits per heavy atom. The lowest BCUT2D eigenvalue weighted by atomic mass is 9.95. The van der Waals surface area contributed by atoms with E-state index in [9.17, 15) is 14.0 Å². The van der Waals surface area contributed by atoms with Gasteiger partial charge >= 0.3 is 0 Å². The number of halogens is 2. The summed E-state index contributed by atoms with van der Waals surface area (Å²) in [6.07, 6.45) is 2.58. The van der Waals surface area contributed by atoms with Crippen molar-refractivity contribution >= 4 is 29.9 Å². The Morgan fingerprint density at radius 3 is 2.46 bits per heavy atom. The first-order valence-corrected chi connectivity index (χ1v) is 8.20. The van der Waals surface area contributed by atoms with E-state index in [1.807, 2.05) is 0 Å². The van der Waals surface area contributed by atoms with Crippen LogP contribution in [0.15, 0.2) is 41.0 Å². The fourth-order valence-electron chi connectivity index (χ4n) is 2.90. The summed E-state index contributed by atoms with van der Waals surface area (Å²) in [5, 5.41) is 2.79. The van der Waals surface area contributed by atoms with Crippen molar-refractivity contribution in [2.75, 3.05) is 18.4 Å². The number of nitrogens with one attached hydrogen (secondary N) is 1. The molecule has 0 atom stereocenters. The molecule has 1 aliphatic rings. The zero-order valence-corrected chi connectivity index (χ0v) is 14.9. The number of hydrogen-bond donors (Lipinski definition) is 2. The quantitative estimate of drug-likeness (QED) is 0.852. The third-order valence-electron chi connectivity index (χ3n) is 4.37. The summed E-state index contributed by atoms with van der Waals surface area (Å²) in [5.41, 5.74) is 6.53. The molecule has 2 amide bonds. The van der Waals surface area contributed by atoms with Gasteiger partial charge < -0.3 is 20.4 Å². The number of rotatable bonds is 4. The average Bonchev–Trinajstić information content (AvgIpc) is 3.12. The number of anilines is 1. The van der Waals surface area contributed by atoms with Crippen LogP contribution in [0.3, 0.4) is 0 Å².